The molecule has 0 saturated heterocycles. The van der Waals surface area contributed by atoms with Crippen molar-refractivity contribution in [1.29, 1.82) is 0 Å². The highest BCUT2D eigenvalue weighted by molar-refractivity contribution is 5.87. The van der Waals surface area contributed by atoms with E-state index in [0.29, 0.717) is 17.6 Å². The quantitative estimate of drug-likeness (QED) is 0.713. The summed E-state index contributed by atoms with van der Waals surface area (Å²) in [6.07, 6.45) is 3.59. The van der Waals surface area contributed by atoms with Crippen LogP contribution in [0.4, 0.5) is 11.8 Å². The summed E-state index contributed by atoms with van der Waals surface area (Å²) in [6.45, 7) is 7.00. The lowest BCUT2D eigenvalue weighted by Crippen LogP contribution is -2.29. The number of fused-ring (bicyclic) bond motifs is 1. The zero-order valence-corrected chi connectivity index (χ0v) is 15.4. The molecule has 0 N–H and O–H groups in total. The number of hydrogen-bond acceptors (Lipinski definition) is 6. The second kappa shape index (κ2) is 7.01. The third-order valence-electron chi connectivity index (χ3n) is 4.41. The molecule has 0 aliphatic rings. The van der Waals surface area contributed by atoms with Crippen LogP contribution in [0.1, 0.15) is 25.1 Å². The second-order valence-electron chi connectivity index (χ2n) is 6.53. The Morgan fingerprint density at radius 3 is 2.44 bits per heavy atom. The fraction of sp³-hybridized carbons (Fsp3) is 0.368. The van der Waals surface area contributed by atoms with Crippen molar-refractivity contribution in [2.75, 3.05) is 23.9 Å². The van der Waals surface area contributed by atoms with Gasteiger partial charge in [0.05, 0.1) is 5.39 Å². The molecule has 0 aromatic carbocycles. The van der Waals surface area contributed by atoms with E-state index in [9.17, 15) is 0 Å². The van der Waals surface area contributed by atoms with Crippen LogP contribution in [0, 0.1) is 6.92 Å². The number of rotatable bonds is 5. The molecule has 0 amide bonds. The molecule has 0 saturated carbocycles. The van der Waals surface area contributed by atoms with Gasteiger partial charge in [-0.1, -0.05) is 6.07 Å². The summed E-state index contributed by atoms with van der Waals surface area (Å²) in [5.41, 5.74) is 2.93. The predicted octanol–water partition coefficient (Wildman–Crippen LogP) is 3.21. The lowest BCUT2D eigenvalue weighted by atomic mass is 10.2. The first kappa shape index (κ1) is 17.1. The Morgan fingerprint density at radius 2 is 1.72 bits per heavy atom. The van der Waals surface area contributed by atoms with E-state index in [1.807, 2.05) is 45.4 Å². The van der Waals surface area contributed by atoms with Crippen LogP contribution in [0.5, 0.6) is 0 Å². The van der Waals surface area contributed by atoms with Gasteiger partial charge in [-0.05, 0) is 44.5 Å². The molecule has 25 heavy (non-hydrogen) atoms. The van der Waals surface area contributed by atoms with Gasteiger partial charge in [0.15, 0.2) is 5.65 Å². The maximum atomic E-state index is 4.83. The number of hydrogen-bond donors (Lipinski definition) is 0. The van der Waals surface area contributed by atoms with Crippen LogP contribution < -0.4 is 9.80 Å². The molecule has 0 unspecified atom stereocenters. The Morgan fingerprint density at radius 1 is 1.00 bits per heavy atom. The number of aryl methyl sites for hydroxylation is 1. The van der Waals surface area contributed by atoms with E-state index >= 15 is 0 Å². The van der Waals surface area contributed by atoms with Crippen LogP contribution in [-0.4, -0.2) is 40.1 Å². The molecular weight excluding hydrogens is 312 g/mol. The maximum absolute atomic E-state index is 4.83. The SMILES string of the molecule is Cc1ncccc1CN(C)c1nc(N(C)C(C)C)nc2ncccc12. The Balaban J connectivity index is 2.05. The van der Waals surface area contributed by atoms with E-state index in [2.05, 4.69) is 44.7 Å². The van der Waals surface area contributed by atoms with Gasteiger partial charge >= 0.3 is 0 Å². The van der Waals surface area contributed by atoms with Gasteiger partial charge in [0.1, 0.15) is 5.82 Å². The highest BCUT2D eigenvalue weighted by Gasteiger charge is 2.16. The molecule has 0 bridgehead atoms. The molecule has 130 valence electrons. The van der Waals surface area contributed by atoms with Crippen LogP contribution in [0.3, 0.4) is 0 Å². The Labute approximate surface area is 148 Å². The molecule has 0 aliphatic carbocycles. The maximum Gasteiger partial charge on any atom is 0.229 e. The normalized spacial score (nSPS) is 11.1. The highest BCUT2D eigenvalue weighted by atomic mass is 15.3. The van der Waals surface area contributed by atoms with Crippen LogP contribution in [-0.2, 0) is 6.54 Å². The standard InChI is InChI=1S/C19H24N6/c1-13(2)25(5)19-22-17-16(9-7-11-21-17)18(23-19)24(4)12-15-8-6-10-20-14(15)3/h6-11,13H,12H2,1-5H3. The van der Waals surface area contributed by atoms with Gasteiger partial charge in [-0.2, -0.15) is 9.97 Å². The first-order valence-electron chi connectivity index (χ1n) is 8.44. The number of anilines is 2. The van der Waals surface area contributed by atoms with Gasteiger partial charge in [-0.25, -0.2) is 4.98 Å². The molecule has 3 heterocycles. The zero-order valence-electron chi connectivity index (χ0n) is 15.4. The van der Waals surface area contributed by atoms with Crippen molar-refractivity contribution in [2.45, 2.75) is 33.4 Å². The topological polar surface area (TPSA) is 58.0 Å². The molecule has 0 atom stereocenters. The van der Waals surface area contributed by atoms with E-state index in [0.717, 1.165) is 23.4 Å². The summed E-state index contributed by atoms with van der Waals surface area (Å²) < 4.78 is 0. The van der Waals surface area contributed by atoms with Gasteiger partial charge in [-0.3, -0.25) is 4.98 Å². The van der Waals surface area contributed by atoms with Crippen molar-refractivity contribution >= 4 is 22.8 Å². The number of pyridine rings is 2. The van der Waals surface area contributed by atoms with Crippen LogP contribution >= 0.6 is 0 Å². The Hall–Kier alpha value is -2.76. The smallest absolute Gasteiger partial charge is 0.229 e. The molecule has 3 aromatic rings. The summed E-state index contributed by atoms with van der Waals surface area (Å²) >= 11 is 0. The van der Waals surface area contributed by atoms with E-state index in [-0.39, 0.29) is 0 Å². The summed E-state index contributed by atoms with van der Waals surface area (Å²) in [5, 5.41) is 0.951. The van der Waals surface area contributed by atoms with Gasteiger partial charge in [-0.15, -0.1) is 0 Å². The monoisotopic (exact) mass is 336 g/mol. The minimum Gasteiger partial charge on any atom is -0.355 e. The molecule has 0 aliphatic heterocycles. The minimum absolute atomic E-state index is 0.305. The fourth-order valence-corrected chi connectivity index (χ4v) is 2.63. The molecule has 0 radical (unpaired) electrons. The zero-order chi connectivity index (χ0) is 18.0. The molecule has 3 rings (SSSR count). The van der Waals surface area contributed by atoms with E-state index in [1.165, 1.54) is 5.56 Å². The van der Waals surface area contributed by atoms with Crippen molar-refractivity contribution in [3.8, 4) is 0 Å². The van der Waals surface area contributed by atoms with E-state index < -0.39 is 0 Å². The van der Waals surface area contributed by atoms with Crippen molar-refractivity contribution in [3.63, 3.8) is 0 Å². The van der Waals surface area contributed by atoms with Gasteiger partial charge in [0.25, 0.3) is 0 Å². The molecule has 0 spiro atoms. The number of nitrogens with zero attached hydrogens (tertiary/aromatic N) is 6. The fourth-order valence-electron chi connectivity index (χ4n) is 2.63. The summed E-state index contributed by atoms with van der Waals surface area (Å²) in [6, 6.07) is 8.31. The molecule has 3 aromatic heterocycles. The largest absolute Gasteiger partial charge is 0.355 e. The lowest BCUT2D eigenvalue weighted by molar-refractivity contribution is 0.729. The van der Waals surface area contributed by atoms with Gasteiger partial charge in [0.2, 0.25) is 5.95 Å². The number of aromatic nitrogens is 4. The summed E-state index contributed by atoms with van der Waals surface area (Å²) in [7, 11) is 4.05. The first-order valence-corrected chi connectivity index (χ1v) is 8.44. The van der Waals surface area contributed by atoms with Gasteiger partial charge < -0.3 is 9.80 Å². The summed E-state index contributed by atoms with van der Waals surface area (Å²) in [5.74, 6) is 1.56. The lowest BCUT2D eigenvalue weighted by Gasteiger charge is -2.25. The second-order valence-corrected chi connectivity index (χ2v) is 6.53. The molecule has 6 nitrogen and oxygen atoms in total. The van der Waals surface area contributed by atoms with E-state index in [4.69, 9.17) is 4.98 Å². The third kappa shape index (κ3) is 3.52. The van der Waals surface area contributed by atoms with E-state index in [1.54, 1.807) is 6.20 Å². The van der Waals surface area contributed by atoms with Gasteiger partial charge in [0, 0.05) is 44.8 Å². The molecule has 0 fully saturated rings. The van der Waals surface area contributed by atoms with Crippen molar-refractivity contribution < 1.29 is 0 Å². The van der Waals surface area contributed by atoms with Crippen LogP contribution in [0.15, 0.2) is 36.7 Å². The minimum atomic E-state index is 0.305. The first-order chi connectivity index (χ1) is 12.0. The molecular formula is C19H24N6. The van der Waals surface area contributed by atoms with Crippen molar-refractivity contribution in [3.05, 3.63) is 47.9 Å². The third-order valence-corrected chi connectivity index (χ3v) is 4.41. The van der Waals surface area contributed by atoms with Crippen LogP contribution in [0.2, 0.25) is 0 Å². The average molecular weight is 336 g/mol. The average Bonchev–Trinajstić information content (AvgIpc) is 2.61. The predicted molar refractivity (Wildman–Crippen MR) is 102 cm³/mol. The Bertz CT molecular complexity index is 877. The molecule has 6 heteroatoms. The van der Waals surface area contributed by atoms with Crippen molar-refractivity contribution in [1.82, 2.24) is 19.9 Å². The Kier molecular flexibility index (Phi) is 4.79. The summed E-state index contributed by atoms with van der Waals surface area (Å²) in [4.78, 5) is 22.5. The van der Waals surface area contributed by atoms with Crippen LogP contribution in [0.25, 0.3) is 11.0 Å². The highest BCUT2D eigenvalue weighted by Crippen LogP contribution is 2.26. The van der Waals surface area contributed by atoms with Crippen molar-refractivity contribution in [2.24, 2.45) is 0 Å².